The van der Waals surface area contributed by atoms with Crippen molar-refractivity contribution in [1.29, 1.82) is 0 Å². The molecule has 1 aromatic carbocycles. The Bertz CT molecular complexity index is 487. The Labute approximate surface area is 74.8 Å². The van der Waals surface area contributed by atoms with E-state index in [-0.39, 0.29) is 0 Å². The van der Waals surface area contributed by atoms with E-state index in [9.17, 15) is 4.79 Å². The molecule has 3 nitrogen and oxygen atoms in total. The molecule has 65 valence electrons. The predicted octanol–water partition coefficient (Wildman–Crippen LogP) is 1.26. The van der Waals surface area contributed by atoms with Gasteiger partial charge in [0.25, 0.3) is 0 Å². The van der Waals surface area contributed by atoms with Crippen molar-refractivity contribution >= 4 is 11.0 Å². The summed E-state index contributed by atoms with van der Waals surface area (Å²) in [4.78, 5) is 11.2. The van der Waals surface area contributed by atoms with Gasteiger partial charge in [-0.2, -0.15) is 0 Å². The lowest BCUT2D eigenvalue weighted by molar-refractivity contribution is 0.556. The summed E-state index contributed by atoms with van der Waals surface area (Å²) in [5, 5.41) is 0.874. The highest BCUT2D eigenvalue weighted by Gasteiger charge is 2.01. The molecule has 0 fully saturated rings. The summed E-state index contributed by atoms with van der Waals surface area (Å²) < 4.78 is 5.02. The van der Waals surface area contributed by atoms with Gasteiger partial charge in [-0.05, 0) is 12.1 Å². The van der Waals surface area contributed by atoms with Crippen molar-refractivity contribution in [3.8, 4) is 0 Å². The largest absolute Gasteiger partial charge is 0.422 e. The Morgan fingerprint density at radius 2 is 2.08 bits per heavy atom. The van der Waals surface area contributed by atoms with E-state index in [1.165, 1.54) is 6.54 Å². The summed E-state index contributed by atoms with van der Waals surface area (Å²) in [6.07, 6.45) is 0. The molecule has 0 unspecified atom stereocenters. The van der Waals surface area contributed by atoms with Gasteiger partial charge in [0.05, 0.1) is 12.1 Å². The third kappa shape index (κ3) is 1.34. The molecule has 0 spiro atoms. The minimum atomic E-state index is -0.402. The maximum absolute atomic E-state index is 11.2. The number of fused-ring (bicyclic) bond motifs is 1. The first-order valence-electron chi connectivity index (χ1n) is 3.89. The van der Waals surface area contributed by atoms with Crippen molar-refractivity contribution in [3.05, 3.63) is 52.9 Å². The van der Waals surface area contributed by atoms with Crippen LogP contribution in [0.15, 0.2) is 39.5 Å². The summed E-state index contributed by atoms with van der Waals surface area (Å²) >= 11 is 0. The monoisotopic (exact) mass is 174 g/mol. The Balaban J connectivity index is 2.81. The number of rotatable bonds is 1. The second-order valence-electron chi connectivity index (χ2n) is 2.69. The van der Waals surface area contributed by atoms with E-state index in [2.05, 4.69) is 0 Å². The average Bonchev–Trinajstić information content (AvgIpc) is 2.17. The molecule has 1 radical (unpaired) electrons. The molecule has 2 N–H and O–H groups in total. The van der Waals surface area contributed by atoms with Crippen LogP contribution >= 0.6 is 0 Å². The minimum absolute atomic E-state index is 0.388. The molecule has 3 heteroatoms. The van der Waals surface area contributed by atoms with Crippen LogP contribution in [0.4, 0.5) is 0 Å². The molecule has 1 aromatic heterocycles. The van der Waals surface area contributed by atoms with E-state index in [4.69, 9.17) is 10.2 Å². The van der Waals surface area contributed by atoms with E-state index in [1.54, 1.807) is 12.1 Å². The zero-order chi connectivity index (χ0) is 9.26. The Morgan fingerprint density at radius 3 is 2.85 bits per heavy atom. The average molecular weight is 174 g/mol. The van der Waals surface area contributed by atoms with Crippen LogP contribution in [-0.4, -0.2) is 0 Å². The second kappa shape index (κ2) is 3.03. The topological polar surface area (TPSA) is 56.2 Å². The van der Waals surface area contributed by atoms with E-state index in [0.29, 0.717) is 11.1 Å². The molecule has 0 aliphatic heterocycles. The molecule has 0 amide bonds. The van der Waals surface area contributed by atoms with Gasteiger partial charge >= 0.3 is 5.63 Å². The Morgan fingerprint density at radius 1 is 1.31 bits per heavy atom. The van der Waals surface area contributed by atoms with Gasteiger partial charge in [-0.3, -0.25) is 0 Å². The molecule has 2 rings (SSSR count). The van der Waals surface area contributed by atoms with Crippen LogP contribution < -0.4 is 11.4 Å². The maximum Gasteiger partial charge on any atom is 0.341 e. The van der Waals surface area contributed by atoms with Crippen molar-refractivity contribution in [1.82, 2.24) is 0 Å². The van der Waals surface area contributed by atoms with Crippen LogP contribution in [0.25, 0.3) is 11.0 Å². The fourth-order valence-corrected chi connectivity index (χ4v) is 1.19. The first-order chi connectivity index (χ1) is 6.31. The summed E-state index contributed by atoms with van der Waals surface area (Å²) in [6.45, 7) is 1.25. The van der Waals surface area contributed by atoms with Crippen LogP contribution in [-0.2, 0) is 0 Å². The van der Waals surface area contributed by atoms with Crippen LogP contribution in [0.1, 0.15) is 5.56 Å². The highest BCUT2D eigenvalue weighted by molar-refractivity contribution is 5.76. The normalized spacial score (nSPS) is 10.5. The maximum atomic E-state index is 11.2. The van der Waals surface area contributed by atoms with Crippen molar-refractivity contribution in [2.75, 3.05) is 0 Å². The van der Waals surface area contributed by atoms with Crippen molar-refractivity contribution in [2.45, 2.75) is 0 Å². The van der Waals surface area contributed by atoms with Gasteiger partial charge in [-0.1, -0.05) is 18.2 Å². The molecular formula is C10H8NO2. The molecule has 0 saturated heterocycles. The van der Waals surface area contributed by atoms with E-state index in [0.717, 1.165) is 5.39 Å². The van der Waals surface area contributed by atoms with Crippen molar-refractivity contribution in [3.63, 3.8) is 0 Å². The quantitative estimate of drug-likeness (QED) is 0.662. The summed E-state index contributed by atoms with van der Waals surface area (Å²) in [6, 6.07) is 9.02. The zero-order valence-corrected chi connectivity index (χ0v) is 6.86. The van der Waals surface area contributed by atoms with Gasteiger partial charge < -0.3 is 10.2 Å². The Kier molecular flexibility index (Phi) is 1.87. The standard InChI is InChI=1S/C10H8NO2/c11-6-8-5-7-3-1-2-4-9(7)13-10(8)12/h1-6H,11H2. The summed E-state index contributed by atoms with van der Waals surface area (Å²) in [7, 11) is 0. The Hall–Kier alpha value is -1.61. The molecule has 13 heavy (non-hydrogen) atoms. The van der Waals surface area contributed by atoms with Gasteiger partial charge in [0, 0.05) is 5.39 Å². The van der Waals surface area contributed by atoms with E-state index >= 15 is 0 Å². The van der Waals surface area contributed by atoms with Crippen LogP contribution in [0, 0.1) is 6.54 Å². The zero-order valence-electron chi connectivity index (χ0n) is 6.86. The lowest BCUT2D eigenvalue weighted by Crippen LogP contribution is -2.09. The van der Waals surface area contributed by atoms with Crippen LogP contribution in [0.5, 0.6) is 0 Å². The van der Waals surface area contributed by atoms with Gasteiger partial charge in [-0.25, -0.2) is 4.79 Å². The highest BCUT2D eigenvalue weighted by Crippen LogP contribution is 2.12. The first-order valence-corrected chi connectivity index (χ1v) is 3.89. The molecule has 1 heterocycles. The van der Waals surface area contributed by atoms with Gasteiger partial charge in [-0.15, -0.1) is 0 Å². The lowest BCUT2D eigenvalue weighted by Gasteiger charge is -1.97. The minimum Gasteiger partial charge on any atom is -0.422 e. The van der Waals surface area contributed by atoms with Crippen molar-refractivity contribution < 1.29 is 4.42 Å². The van der Waals surface area contributed by atoms with Gasteiger partial charge in [0.1, 0.15) is 5.58 Å². The number of nitrogens with two attached hydrogens (primary N) is 1. The van der Waals surface area contributed by atoms with Gasteiger partial charge in [0.15, 0.2) is 0 Å². The smallest absolute Gasteiger partial charge is 0.341 e. The third-order valence-electron chi connectivity index (χ3n) is 1.85. The molecule has 0 atom stereocenters. The second-order valence-corrected chi connectivity index (χ2v) is 2.69. The van der Waals surface area contributed by atoms with E-state index < -0.39 is 5.63 Å². The lowest BCUT2D eigenvalue weighted by atomic mass is 10.2. The molecule has 2 aromatic rings. The molecule has 0 bridgehead atoms. The fraction of sp³-hybridized carbons (Fsp3) is 0. The molecule has 0 saturated carbocycles. The van der Waals surface area contributed by atoms with E-state index in [1.807, 2.05) is 18.2 Å². The number of para-hydroxylation sites is 1. The first kappa shape index (κ1) is 8.01. The van der Waals surface area contributed by atoms with Crippen LogP contribution in [0.2, 0.25) is 0 Å². The summed E-state index contributed by atoms with van der Waals surface area (Å²) in [5.74, 6) is 0. The van der Waals surface area contributed by atoms with Crippen molar-refractivity contribution in [2.24, 2.45) is 5.73 Å². The number of benzene rings is 1. The predicted molar refractivity (Wildman–Crippen MR) is 50.1 cm³/mol. The SMILES string of the molecule is N[CH]c1cc2ccccc2oc1=O. The molecule has 0 aliphatic carbocycles. The highest BCUT2D eigenvalue weighted by atomic mass is 16.4. The third-order valence-corrected chi connectivity index (χ3v) is 1.85. The fourth-order valence-electron chi connectivity index (χ4n) is 1.19. The number of hydrogen-bond acceptors (Lipinski definition) is 3. The molecular weight excluding hydrogens is 166 g/mol. The summed E-state index contributed by atoms with van der Waals surface area (Å²) in [5.41, 5.74) is 5.82. The van der Waals surface area contributed by atoms with Crippen LogP contribution in [0.3, 0.4) is 0 Å². The number of hydrogen-bond donors (Lipinski definition) is 1. The molecule has 0 aliphatic rings. The van der Waals surface area contributed by atoms with Gasteiger partial charge in [0.2, 0.25) is 0 Å².